The molecular formula is C56H86O22. The van der Waals surface area contributed by atoms with Crippen molar-refractivity contribution in [3.8, 4) is 0 Å². The van der Waals surface area contributed by atoms with Gasteiger partial charge in [-0.15, -0.1) is 0 Å². The van der Waals surface area contributed by atoms with Gasteiger partial charge < -0.3 is 94.1 Å². The Labute approximate surface area is 455 Å². The van der Waals surface area contributed by atoms with Crippen molar-refractivity contribution < 1.29 is 108 Å². The molecule has 78 heavy (non-hydrogen) atoms. The van der Waals surface area contributed by atoms with Crippen molar-refractivity contribution in [2.75, 3.05) is 26.4 Å². The Kier molecular flexibility index (Phi) is 17.4. The SMILES string of the molecule is C/C=C(/C)C(=O)O[C@H]1[C@H](OC(=O)/C(C)=C\C)[C@]2(CO)[C@H](O)C[C@]3(C)C(=CC[C@@H]4[C@@]5(C)CC[C@H](O[C@@H]6O[C@H](C(=O)O)[C@@H](O)[C@H](O[C@@H]7O[C@@H](CO)[C@H](O)[C@H]7O)[C@H]6O[C@@H]6O[C@@H](CO)[C@H](O)[C@H]6O)[C@](C)(CO)C5CC[C@]43C)[C@@H]2CC1(C)C. The monoisotopic (exact) mass is 1110 g/mol. The third-order valence-electron chi connectivity index (χ3n) is 21.0. The van der Waals surface area contributed by atoms with Crippen LogP contribution in [0.15, 0.2) is 34.9 Å². The van der Waals surface area contributed by atoms with Crippen molar-refractivity contribution in [3.05, 3.63) is 34.9 Å². The van der Waals surface area contributed by atoms with Crippen molar-refractivity contribution >= 4 is 17.9 Å². The molecule has 25 atom stereocenters. The van der Waals surface area contributed by atoms with Gasteiger partial charge in [0.2, 0.25) is 0 Å². The molecule has 3 saturated heterocycles. The van der Waals surface area contributed by atoms with Gasteiger partial charge in [-0.3, -0.25) is 0 Å². The lowest BCUT2D eigenvalue weighted by atomic mass is 9.33. The zero-order valence-electron chi connectivity index (χ0n) is 46.5. The molecule has 0 radical (unpaired) electrons. The van der Waals surface area contributed by atoms with Gasteiger partial charge in [0.15, 0.2) is 31.1 Å². The molecule has 1 unspecified atom stereocenters. The standard InChI is InChI=1S/C56H86O22/c1-11-25(3)46(69)77-43-44(78-47(70)26(4)12-2)56(24-60)28(19-51(43,5)6)27-13-14-32-52(7)17-16-34(53(8,23-59)31(52)15-18-54(32,9)55(27,10)20-33(56)61)73-50-42(76-49-38(65)36(63)30(22-58)72-49)40(39(66)41(75-50)45(67)68)74-48-37(64)35(62)29(21-57)71-48/h11-13,28-44,48-50,57-66H,14-24H2,1-10H3,(H,67,68)/b25-11-,26-12-/t28-,29-,30-,31?,32+,33+,34-,35-,36-,37+,38+,39-,40-,41-,42+,43-,44-,48-,49-,50+,52-,53+,54+,55+,56-/m0/s1. The van der Waals surface area contributed by atoms with Gasteiger partial charge in [0, 0.05) is 22.0 Å². The van der Waals surface area contributed by atoms with E-state index in [1.54, 1.807) is 39.8 Å². The van der Waals surface area contributed by atoms with Crippen LogP contribution in [0.2, 0.25) is 0 Å². The number of aliphatic carboxylic acids is 1. The largest absolute Gasteiger partial charge is 0.479 e. The number of hydrogen-bond donors (Lipinski definition) is 11. The molecule has 0 aromatic rings. The van der Waals surface area contributed by atoms with Crippen LogP contribution in [-0.2, 0) is 52.3 Å². The number of ether oxygens (including phenoxy) is 8. The number of aliphatic hydroxyl groups excluding tert-OH is 10. The quantitative estimate of drug-likeness (QED) is 0.0470. The number of allylic oxidation sites excluding steroid dienone is 4. The zero-order valence-corrected chi connectivity index (χ0v) is 46.5. The first-order valence-corrected chi connectivity index (χ1v) is 27.6. The molecule has 3 heterocycles. The molecule has 8 aliphatic rings. The van der Waals surface area contributed by atoms with Crippen molar-refractivity contribution in [2.45, 2.75) is 219 Å². The van der Waals surface area contributed by atoms with E-state index in [0.29, 0.717) is 43.3 Å². The highest BCUT2D eigenvalue weighted by Gasteiger charge is 2.74. The maximum absolute atomic E-state index is 13.8. The van der Waals surface area contributed by atoms with Crippen molar-refractivity contribution in [2.24, 2.45) is 50.2 Å². The van der Waals surface area contributed by atoms with Crippen LogP contribution in [0.25, 0.3) is 0 Å². The predicted octanol–water partition coefficient (Wildman–Crippen LogP) is 0.903. The number of rotatable bonds is 15. The second kappa shape index (κ2) is 22.3. The zero-order chi connectivity index (χ0) is 57.6. The van der Waals surface area contributed by atoms with Gasteiger partial charge in [0.1, 0.15) is 61.0 Å². The molecule has 8 rings (SSSR count). The van der Waals surface area contributed by atoms with Gasteiger partial charge >= 0.3 is 17.9 Å². The topological polar surface area (TPSA) is 348 Å². The van der Waals surface area contributed by atoms with Crippen molar-refractivity contribution in [3.63, 3.8) is 0 Å². The fraction of sp³-hybridized carbons (Fsp3) is 0.839. The number of hydrogen-bond acceptors (Lipinski definition) is 21. The number of aliphatic hydroxyl groups is 10. The highest BCUT2D eigenvalue weighted by Crippen LogP contribution is 2.76. The Morgan fingerprint density at radius 3 is 1.71 bits per heavy atom. The van der Waals surface area contributed by atoms with E-state index in [-0.39, 0.29) is 24.7 Å². The van der Waals surface area contributed by atoms with Gasteiger partial charge in [-0.25, -0.2) is 14.4 Å². The summed E-state index contributed by atoms with van der Waals surface area (Å²) in [6, 6.07) is 0. The minimum absolute atomic E-state index is 0.0626. The molecule has 11 N–H and O–H groups in total. The summed E-state index contributed by atoms with van der Waals surface area (Å²) in [6.45, 7) is 16.7. The fourth-order valence-electron chi connectivity index (χ4n) is 16.0. The van der Waals surface area contributed by atoms with Crippen LogP contribution >= 0.6 is 0 Å². The molecule has 5 aliphatic carbocycles. The average molecular weight is 1110 g/mol. The molecule has 0 aromatic heterocycles. The highest BCUT2D eigenvalue weighted by molar-refractivity contribution is 5.89. The molecule has 22 nitrogen and oxygen atoms in total. The lowest BCUT2D eigenvalue weighted by Crippen LogP contribution is -2.72. The molecule has 7 fully saturated rings. The summed E-state index contributed by atoms with van der Waals surface area (Å²) in [4.78, 5) is 40.2. The Morgan fingerprint density at radius 2 is 1.21 bits per heavy atom. The van der Waals surface area contributed by atoms with Crippen LogP contribution in [0.4, 0.5) is 0 Å². The van der Waals surface area contributed by atoms with E-state index in [1.807, 2.05) is 20.8 Å². The van der Waals surface area contributed by atoms with Gasteiger partial charge in [-0.2, -0.15) is 0 Å². The van der Waals surface area contributed by atoms with Gasteiger partial charge in [-0.1, -0.05) is 65.3 Å². The summed E-state index contributed by atoms with van der Waals surface area (Å²) in [6.07, 6.45) is -18.5. The van der Waals surface area contributed by atoms with E-state index in [1.165, 1.54) is 0 Å². The Bertz CT molecular complexity index is 2320. The number of carboxylic acid groups (broad SMARTS) is 1. The fourth-order valence-corrected chi connectivity index (χ4v) is 16.0. The normalized spacial score (nSPS) is 49.2. The third kappa shape index (κ3) is 9.55. The van der Waals surface area contributed by atoms with E-state index in [9.17, 15) is 70.6 Å². The summed E-state index contributed by atoms with van der Waals surface area (Å²) >= 11 is 0. The van der Waals surface area contributed by atoms with Crippen LogP contribution in [0, 0.1) is 50.2 Å². The van der Waals surface area contributed by atoms with Crippen LogP contribution in [0.5, 0.6) is 0 Å². The number of fused-ring (bicyclic) bond motifs is 7. The number of carbonyl (C=O) groups is 3. The number of esters is 2. The van der Waals surface area contributed by atoms with E-state index in [0.717, 1.165) is 5.57 Å². The van der Waals surface area contributed by atoms with Gasteiger partial charge in [0.05, 0.1) is 44.1 Å². The first-order valence-electron chi connectivity index (χ1n) is 27.6. The molecule has 4 saturated carbocycles. The smallest absolute Gasteiger partial charge is 0.335 e. The van der Waals surface area contributed by atoms with Crippen molar-refractivity contribution in [1.29, 1.82) is 0 Å². The Morgan fingerprint density at radius 1 is 0.654 bits per heavy atom. The van der Waals surface area contributed by atoms with E-state index in [4.69, 9.17) is 37.9 Å². The lowest BCUT2D eigenvalue weighted by molar-refractivity contribution is -0.369. The Hall–Kier alpha value is -3.01. The first kappa shape index (κ1) is 61.1. The summed E-state index contributed by atoms with van der Waals surface area (Å²) < 4.78 is 48.9. The molecule has 3 aliphatic heterocycles. The second-order valence-corrected chi connectivity index (χ2v) is 25.3. The summed E-state index contributed by atoms with van der Waals surface area (Å²) in [5, 5.41) is 121. The summed E-state index contributed by atoms with van der Waals surface area (Å²) in [7, 11) is 0. The van der Waals surface area contributed by atoms with Gasteiger partial charge in [0.25, 0.3) is 0 Å². The van der Waals surface area contributed by atoms with Crippen LogP contribution in [0.1, 0.15) is 114 Å². The van der Waals surface area contributed by atoms with Crippen LogP contribution in [0.3, 0.4) is 0 Å². The second-order valence-electron chi connectivity index (χ2n) is 25.3. The number of carboxylic acids is 1. The van der Waals surface area contributed by atoms with E-state index < -0.39 is 187 Å². The molecule has 0 amide bonds. The van der Waals surface area contributed by atoms with Gasteiger partial charge in [-0.05, 0) is 107 Å². The third-order valence-corrected chi connectivity index (χ3v) is 21.0. The minimum Gasteiger partial charge on any atom is -0.479 e. The molecule has 0 aromatic carbocycles. The maximum atomic E-state index is 13.8. The molecular weight excluding hydrogens is 1020 g/mol. The van der Waals surface area contributed by atoms with Crippen molar-refractivity contribution in [1.82, 2.24) is 0 Å². The van der Waals surface area contributed by atoms with Crippen LogP contribution in [-0.4, -0.2) is 205 Å². The predicted molar refractivity (Wildman–Crippen MR) is 271 cm³/mol. The molecule has 0 spiro atoms. The number of carbonyl (C=O) groups excluding carboxylic acids is 2. The van der Waals surface area contributed by atoms with E-state index in [2.05, 4.69) is 26.8 Å². The minimum atomic E-state index is -2.10. The summed E-state index contributed by atoms with van der Waals surface area (Å²) in [5.41, 5.74) is -3.39. The van der Waals surface area contributed by atoms with Crippen LogP contribution < -0.4 is 0 Å². The highest BCUT2D eigenvalue weighted by atomic mass is 16.8. The first-order chi connectivity index (χ1) is 36.5. The molecule has 22 heteroatoms. The molecule has 442 valence electrons. The summed E-state index contributed by atoms with van der Waals surface area (Å²) in [5.74, 6) is -3.75. The Balaban J connectivity index is 1.13. The average Bonchev–Trinajstić information content (AvgIpc) is 3.98. The maximum Gasteiger partial charge on any atom is 0.335 e. The van der Waals surface area contributed by atoms with E-state index >= 15 is 0 Å². The lowest BCUT2D eigenvalue weighted by Gasteiger charge is -2.72. The molecule has 0 bridgehead atoms.